The average molecular weight is 440 g/mol. The van der Waals surface area contributed by atoms with E-state index in [9.17, 15) is 34.8 Å². The molecule has 170 valence electrons. The third kappa shape index (κ3) is 1.43. The van der Waals surface area contributed by atoms with Crippen LogP contribution >= 0.6 is 0 Å². The Bertz CT molecular complexity index is 957. The van der Waals surface area contributed by atoms with Gasteiger partial charge in [0.1, 0.15) is 12.2 Å². The molecule has 0 amide bonds. The molecule has 0 aromatic rings. The van der Waals surface area contributed by atoms with Crippen molar-refractivity contribution in [1.82, 2.24) is 0 Å². The Kier molecular flexibility index (Phi) is 3.15. The summed E-state index contributed by atoms with van der Waals surface area (Å²) in [7, 11) is 0. The van der Waals surface area contributed by atoms with Gasteiger partial charge in [-0.3, -0.25) is 4.79 Å². The molecule has 4 N–H and O–H groups in total. The summed E-state index contributed by atoms with van der Waals surface area (Å²) in [6.45, 7) is 6.63. The summed E-state index contributed by atoms with van der Waals surface area (Å²) in [5.74, 6) is -5.22. The predicted octanol–water partition coefficient (Wildman–Crippen LogP) is -2.40. The fourth-order valence-corrected chi connectivity index (χ4v) is 8.27. The number of rotatable bonds is 0. The van der Waals surface area contributed by atoms with Gasteiger partial charge in [0.05, 0.1) is 22.9 Å². The first-order valence-corrected chi connectivity index (χ1v) is 10.3. The van der Waals surface area contributed by atoms with E-state index < -0.39 is 94.0 Å². The van der Waals surface area contributed by atoms with Crippen molar-refractivity contribution >= 4 is 17.9 Å². The Hall–Kier alpha value is -1.79. The molecule has 11 heteroatoms. The molecule has 12 atom stereocenters. The second kappa shape index (κ2) is 4.91. The van der Waals surface area contributed by atoms with E-state index in [1.165, 1.54) is 6.92 Å². The molecule has 6 aliphatic rings. The van der Waals surface area contributed by atoms with E-state index in [4.69, 9.17) is 18.9 Å². The van der Waals surface area contributed by atoms with Gasteiger partial charge in [-0.15, -0.1) is 0 Å². The number of esters is 3. The number of carbonyl (C=O) groups excluding carboxylic acids is 3. The fourth-order valence-electron chi connectivity index (χ4n) is 8.27. The molecule has 0 bridgehead atoms. The SMILES string of the molecule is C[C@@H]1C(=O)O[C@H]2[C@H](O)[C@]34[C@@H]5OC(=O)[C@]3(O[C@@H]3OC(=O)[C@H](O)C34[C@H](C(C)(C)C)[C@@H]5O)[C@@]12O. The summed E-state index contributed by atoms with van der Waals surface area (Å²) < 4.78 is 22.2. The maximum atomic E-state index is 13.4. The minimum absolute atomic E-state index is 0.792. The minimum Gasteiger partial charge on any atom is -0.456 e. The topological polar surface area (TPSA) is 169 Å². The molecule has 0 aromatic heterocycles. The van der Waals surface area contributed by atoms with E-state index >= 15 is 0 Å². The molecule has 0 radical (unpaired) electrons. The summed E-state index contributed by atoms with van der Waals surface area (Å²) in [5.41, 5.74) is -9.40. The van der Waals surface area contributed by atoms with Gasteiger partial charge >= 0.3 is 17.9 Å². The quantitative estimate of drug-likeness (QED) is 0.234. The van der Waals surface area contributed by atoms with Crippen molar-refractivity contribution in [3.63, 3.8) is 0 Å². The zero-order valence-corrected chi connectivity index (χ0v) is 17.3. The molecular formula is C20H24O11. The Labute approximate surface area is 176 Å². The van der Waals surface area contributed by atoms with Crippen LogP contribution in [0.3, 0.4) is 0 Å². The fraction of sp³-hybridized carbons (Fsp3) is 0.850. The molecule has 4 saturated heterocycles. The van der Waals surface area contributed by atoms with Crippen LogP contribution in [0.15, 0.2) is 0 Å². The normalized spacial score (nSPS) is 61.0. The molecule has 4 aliphatic heterocycles. The van der Waals surface area contributed by atoms with E-state index in [1.807, 2.05) is 0 Å². The second-order valence-electron chi connectivity index (χ2n) is 10.8. The molecule has 2 aliphatic carbocycles. The van der Waals surface area contributed by atoms with E-state index in [2.05, 4.69) is 0 Å². The number of aliphatic hydroxyl groups excluding tert-OH is 3. The van der Waals surface area contributed by atoms with E-state index in [0.717, 1.165) is 0 Å². The molecule has 11 nitrogen and oxygen atoms in total. The van der Waals surface area contributed by atoms with E-state index in [0.29, 0.717) is 0 Å². The number of fused-ring (bicyclic) bond motifs is 1. The van der Waals surface area contributed by atoms with Gasteiger partial charge in [-0.05, 0) is 12.3 Å². The van der Waals surface area contributed by atoms with Gasteiger partial charge in [-0.2, -0.15) is 0 Å². The third-order valence-corrected chi connectivity index (χ3v) is 8.95. The first kappa shape index (κ1) is 19.9. The minimum atomic E-state index is -2.40. The molecule has 31 heavy (non-hydrogen) atoms. The second-order valence-corrected chi connectivity index (χ2v) is 10.8. The average Bonchev–Trinajstić information content (AvgIpc) is 3.35. The van der Waals surface area contributed by atoms with Crippen LogP contribution in [0.4, 0.5) is 0 Å². The van der Waals surface area contributed by atoms with Crippen LogP contribution in [0, 0.1) is 28.1 Å². The van der Waals surface area contributed by atoms with E-state index in [-0.39, 0.29) is 0 Å². The predicted molar refractivity (Wildman–Crippen MR) is 93.4 cm³/mol. The summed E-state index contributed by atoms with van der Waals surface area (Å²) in [6, 6.07) is 0. The van der Waals surface area contributed by atoms with Crippen molar-refractivity contribution in [3.05, 3.63) is 0 Å². The van der Waals surface area contributed by atoms with Crippen LogP contribution in [0.2, 0.25) is 0 Å². The summed E-state index contributed by atoms with van der Waals surface area (Å²) in [6.07, 6.45) is -9.69. The van der Waals surface area contributed by atoms with Crippen LogP contribution in [0.5, 0.6) is 0 Å². The molecule has 6 fully saturated rings. The Balaban J connectivity index is 1.75. The molecule has 2 spiro atoms. The maximum absolute atomic E-state index is 13.4. The lowest BCUT2D eigenvalue weighted by Gasteiger charge is -2.47. The van der Waals surface area contributed by atoms with E-state index in [1.54, 1.807) is 20.8 Å². The van der Waals surface area contributed by atoms with Gasteiger partial charge in [0.2, 0.25) is 11.9 Å². The molecule has 1 unspecified atom stereocenters. The standard InChI is InChI=1S/C20H24O11/c1-5-12(24)28-11-8(22)18-10-6(21)7(16(2,3)4)17(18)9(23)13(25)30-15(17)31-20(18,14(26)29-10)19(5,11)27/h5-11,15,21-23,27H,1-4H3/t5-,6+,7+,8+,9+,10-,11+,15+,17?,18-,19-,20-/m1/s1. The van der Waals surface area contributed by atoms with Crippen molar-refractivity contribution in [2.75, 3.05) is 0 Å². The van der Waals surface area contributed by atoms with Crippen LogP contribution in [0.25, 0.3) is 0 Å². The van der Waals surface area contributed by atoms with Gasteiger partial charge in [0, 0.05) is 5.92 Å². The first-order valence-electron chi connectivity index (χ1n) is 10.3. The highest BCUT2D eigenvalue weighted by Crippen LogP contribution is 2.84. The third-order valence-electron chi connectivity index (χ3n) is 8.95. The zero-order valence-electron chi connectivity index (χ0n) is 17.3. The largest absolute Gasteiger partial charge is 0.456 e. The van der Waals surface area contributed by atoms with Crippen molar-refractivity contribution in [1.29, 1.82) is 0 Å². The Morgan fingerprint density at radius 3 is 2.19 bits per heavy atom. The Morgan fingerprint density at radius 1 is 0.935 bits per heavy atom. The molecule has 2 saturated carbocycles. The lowest BCUT2D eigenvalue weighted by Crippen LogP contribution is -2.67. The lowest BCUT2D eigenvalue weighted by atomic mass is 9.51. The van der Waals surface area contributed by atoms with Gasteiger partial charge in [-0.1, -0.05) is 20.8 Å². The number of aliphatic hydroxyl groups is 4. The smallest absolute Gasteiger partial charge is 0.343 e. The van der Waals surface area contributed by atoms with Crippen molar-refractivity contribution in [3.8, 4) is 0 Å². The van der Waals surface area contributed by atoms with Crippen molar-refractivity contribution in [2.45, 2.75) is 75.7 Å². The van der Waals surface area contributed by atoms with Gasteiger partial charge in [-0.25, -0.2) is 9.59 Å². The van der Waals surface area contributed by atoms with Crippen LogP contribution in [-0.4, -0.2) is 86.3 Å². The number of carbonyl (C=O) groups is 3. The Morgan fingerprint density at radius 2 is 1.58 bits per heavy atom. The van der Waals surface area contributed by atoms with Crippen LogP contribution in [0.1, 0.15) is 27.7 Å². The van der Waals surface area contributed by atoms with Crippen molar-refractivity contribution < 1.29 is 53.8 Å². The number of ether oxygens (including phenoxy) is 4. The lowest BCUT2D eigenvalue weighted by molar-refractivity contribution is -0.240. The number of hydrogen-bond acceptors (Lipinski definition) is 11. The summed E-state index contributed by atoms with van der Waals surface area (Å²) >= 11 is 0. The first-order chi connectivity index (χ1) is 14.3. The van der Waals surface area contributed by atoms with Crippen LogP contribution in [-0.2, 0) is 33.3 Å². The zero-order chi connectivity index (χ0) is 22.7. The summed E-state index contributed by atoms with van der Waals surface area (Å²) in [4.78, 5) is 38.3. The van der Waals surface area contributed by atoms with Crippen LogP contribution < -0.4 is 0 Å². The monoisotopic (exact) mass is 440 g/mol. The highest BCUT2D eigenvalue weighted by Gasteiger charge is 3.05. The van der Waals surface area contributed by atoms with Gasteiger partial charge < -0.3 is 39.4 Å². The maximum Gasteiger partial charge on any atom is 0.343 e. The molecule has 6 rings (SSSR count). The molecule has 4 heterocycles. The van der Waals surface area contributed by atoms with Crippen molar-refractivity contribution in [2.24, 2.45) is 28.1 Å². The van der Waals surface area contributed by atoms with Gasteiger partial charge in [0.15, 0.2) is 17.8 Å². The highest BCUT2D eigenvalue weighted by atomic mass is 16.8. The van der Waals surface area contributed by atoms with Gasteiger partial charge in [0.25, 0.3) is 0 Å². The molecular weight excluding hydrogens is 416 g/mol. The highest BCUT2D eigenvalue weighted by molar-refractivity contribution is 5.94. The number of hydrogen-bond donors (Lipinski definition) is 4. The summed E-state index contributed by atoms with van der Waals surface area (Å²) in [5, 5.41) is 46.1. The molecule has 0 aromatic carbocycles.